The van der Waals surface area contributed by atoms with Gasteiger partial charge in [0.1, 0.15) is 0 Å². The summed E-state index contributed by atoms with van der Waals surface area (Å²) in [5.41, 5.74) is 7.91. The summed E-state index contributed by atoms with van der Waals surface area (Å²) < 4.78 is 0. The molecule has 0 aromatic heterocycles. The number of benzene rings is 1. The Labute approximate surface area is 162 Å². The highest BCUT2D eigenvalue weighted by molar-refractivity contribution is 5.94. The number of nitrogens with one attached hydrogen (secondary N) is 1. The van der Waals surface area contributed by atoms with Gasteiger partial charge in [0.25, 0.3) is 5.91 Å². The summed E-state index contributed by atoms with van der Waals surface area (Å²) in [5, 5.41) is 3.06. The number of carbonyl (C=O) groups excluding carboxylic acids is 2. The standard InChI is InChI=1S/C20H29N3O2.ClH/c1-23(2)20(25)16-8-3-5-13(9-16)12-22-19(24)17-10-14-6-4-7-15(11-17)18(14)21;/h3,5,8-9,14-15,17-18H,4,6-7,10-12,21H2,1-2H3,(H,22,24);1H. The Morgan fingerprint density at radius 1 is 1.19 bits per heavy atom. The predicted octanol–water partition coefficient (Wildman–Crippen LogP) is 2.58. The van der Waals surface area contributed by atoms with Crippen LogP contribution in [-0.4, -0.2) is 36.9 Å². The monoisotopic (exact) mass is 379 g/mol. The van der Waals surface area contributed by atoms with Crippen molar-refractivity contribution in [3.05, 3.63) is 35.4 Å². The van der Waals surface area contributed by atoms with Crippen molar-refractivity contribution in [3.8, 4) is 0 Å². The number of rotatable bonds is 4. The van der Waals surface area contributed by atoms with Crippen LogP contribution in [0.1, 0.15) is 48.0 Å². The molecule has 2 saturated carbocycles. The topological polar surface area (TPSA) is 75.4 Å². The molecule has 2 atom stereocenters. The summed E-state index contributed by atoms with van der Waals surface area (Å²) in [7, 11) is 3.48. The molecule has 1 aromatic rings. The van der Waals surface area contributed by atoms with E-state index in [9.17, 15) is 9.59 Å². The van der Waals surface area contributed by atoms with Gasteiger partial charge in [-0.1, -0.05) is 18.6 Å². The predicted molar refractivity (Wildman–Crippen MR) is 105 cm³/mol. The van der Waals surface area contributed by atoms with Gasteiger partial charge in [-0.15, -0.1) is 12.4 Å². The number of carbonyl (C=O) groups is 2. The second kappa shape index (κ2) is 8.87. The van der Waals surface area contributed by atoms with E-state index in [0.29, 0.717) is 23.9 Å². The van der Waals surface area contributed by atoms with Crippen LogP contribution in [0.5, 0.6) is 0 Å². The molecular formula is C20H30ClN3O2. The molecule has 3 N–H and O–H groups in total. The molecule has 0 saturated heterocycles. The molecule has 0 spiro atoms. The maximum absolute atomic E-state index is 12.6. The average Bonchev–Trinajstić information content (AvgIpc) is 2.59. The first-order valence-corrected chi connectivity index (χ1v) is 9.29. The molecule has 6 heteroatoms. The molecule has 2 unspecified atom stereocenters. The first kappa shape index (κ1) is 20.7. The molecule has 26 heavy (non-hydrogen) atoms. The molecule has 144 valence electrons. The van der Waals surface area contributed by atoms with Crippen LogP contribution in [0.15, 0.2) is 24.3 Å². The van der Waals surface area contributed by atoms with E-state index in [2.05, 4.69) is 5.32 Å². The summed E-state index contributed by atoms with van der Waals surface area (Å²) in [6.45, 7) is 0.464. The maximum atomic E-state index is 12.6. The number of amides is 2. The van der Waals surface area contributed by atoms with Crippen molar-refractivity contribution >= 4 is 24.2 Å². The molecule has 0 radical (unpaired) electrons. The van der Waals surface area contributed by atoms with Gasteiger partial charge in [-0.3, -0.25) is 9.59 Å². The van der Waals surface area contributed by atoms with Crippen LogP contribution < -0.4 is 11.1 Å². The van der Waals surface area contributed by atoms with Gasteiger partial charge in [0, 0.05) is 38.2 Å². The van der Waals surface area contributed by atoms with E-state index in [1.54, 1.807) is 25.1 Å². The number of nitrogens with two attached hydrogens (primary N) is 1. The number of fused-ring (bicyclic) bond motifs is 2. The number of hydrogen-bond donors (Lipinski definition) is 2. The second-order valence-electron chi connectivity index (χ2n) is 7.81. The Balaban J connectivity index is 0.00000243. The summed E-state index contributed by atoms with van der Waals surface area (Å²) in [5.74, 6) is 1.20. The molecule has 5 nitrogen and oxygen atoms in total. The minimum absolute atomic E-state index is 0. The van der Waals surface area contributed by atoms with Crippen LogP contribution in [0.3, 0.4) is 0 Å². The number of halogens is 1. The van der Waals surface area contributed by atoms with Gasteiger partial charge in [-0.2, -0.15) is 0 Å². The molecule has 0 heterocycles. The van der Waals surface area contributed by atoms with E-state index in [1.807, 2.05) is 18.2 Å². The lowest BCUT2D eigenvalue weighted by molar-refractivity contribution is -0.128. The normalized spacial score (nSPS) is 27.2. The fourth-order valence-electron chi connectivity index (χ4n) is 4.41. The van der Waals surface area contributed by atoms with Crippen molar-refractivity contribution in [3.63, 3.8) is 0 Å². The summed E-state index contributed by atoms with van der Waals surface area (Å²) in [6.07, 6.45) is 5.42. The Morgan fingerprint density at radius 2 is 1.85 bits per heavy atom. The summed E-state index contributed by atoms with van der Waals surface area (Å²) >= 11 is 0. The lowest BCUT2D eigenvalue weighted by Gasteiger charge is -2.43. The highest BCUT2D eigenvalue weighted by Gasteiger charge is 2.40. The Morgan fingerprint density at radius 3 is 2.46 bits per heavy atom. The van der Waals surface area contributed by atoms with E-state index < -0.39 is 0 Å². The second-order valence-corrected chi connectivity index (χ2v) is 7.81. The molecule has 2 amide bonds. The highest BCUT2D eigenvalue weighted by atomic mass is 35.5. The van der Waals surface area contributed by atoms with Gasteiger partial charge in [0.2, 0.25) is 5.91 Å². The first-order valence-electron chi connectivity index (χ1n) is 9.29. The molecule has 2 aliphatic carbocycles. The zero-order valence-corrected chi connectivity index (χ0v) is 16.4. The Kier molecular flexibility index (Phi) is 7.07. The van der Waals surface area contributed by atoms with Gasteiger partial charge in [0.15, 0.2) is 0 Å². The minimum Gasteiger partial charge on any atom is -0.352 e. The zero-order valence-electron chi connectivity index (χ0n) is 15.6. The third kappa shape index (κ3) is 4.57. The lowest BCUT2D eigenvalue weighted by Crippen LogP contribution is -2.49. The van der Waals surface area contributed by atoms with Crippen molar-refractivity contribution in [1.82, 2.24) is 10.2 Å². The fraction of sp³-hybridized carbons (Fsp3) is 0.600. The fourth-order valence-corrected chi connectivity index (χ4v) is 4.41. The van der Waals surface area contributed by atoms with Gasteiger partial charge in [0.05, 0.1) is 0 Å². The van der Waals surface area contributed by atoms with Crippen LogP contribution in [-0.2, 0) is 11.3 Å². The third-order valence-electron chi connectivity index (χ3n) is 5.83. The van der Waals surface area contributed by atoms with Crippen LogP contribution in [0, 0.1) is 17.8 Å². The van der Waals surface area contributed by atoms with E-state index >= 15 is 0 Å². The molecule has 2 aliphatic rings. The quantitative estimate of drug-likeness (QED) is 0.844. The lowest BCUT2D eigenvalue weighted by atomic mass is 9.65. The number of nitrogens with zero attached hydrogens (tertiary/aromatic N) is 1. The van der Waals surface area contributed by atoms with E-state index in [-0.39, 0.29) is 36.2 Å². The van der Waals surface area contributed by atoms with Gasteiger partial charge in [-0.05, 0) is 55.2 Å². The first-order chi connectivity index (χ1) is 12.0. The van der Waals surface area contributed by atoms with Crippen molar-refractivity contribution in [2.24, 2.45) is 23.5 Å². The molecule has 2 bridgehead atoms. The van der Waals surface area contributed by atoms with E-state index in [1.165, 1.54) is 6.42 Å². The van der Waals surface area contributed by atoms with Crippen molar-refractivity contribution in [2.75, 3.05) is 14.1 Å². The summed E-state index contributed by atoms with van der Waals surface area (Å²) in [4.78, 5) is 26.2. The van der Waals surface area contributed by atoms with Crippen molar-refractivity contribution in [1.29, 1.82) is 0 Å². The Bertz CT molecular complexity index is 636. The van der Waals surface area contributed by atoms with Crippen LogP contribution >= 0.6 is 12.4 Å². The third-order valence-corrected chi connectivity index (χ3v) is 5.83. The van der Waals surface area contributed by atoms with E-state index in [4.69, 9.17) is 5.73 Å². The van der Waals surface area contributed by atoms with Crippen LogP contribution in [0.25, 0.3) is 0 Å². The molecule has 0 aliphatic heterocycles. The molecular weight excluding hydrogens is 350 g/mol. The molecule has 1 aromatic carbocycles. The molecule has 3 rings (SSSR count). The highest BCUT2D eigenvalue weighted by Crippen LogP contribution is 2.41. The van der Waals surface area contributed by atoms with Gasteiger partial charge in [-0.25, -0.2) is 0 Å². The van der Waals surface area contributed by atoms with Crippen molar-refractivity contribution < 1.29 is 9.59 Å². The van der Waals surface area contributed by atoms with Crippen molar-refractivity contribution in [2.45, 2.75) is 44.7 Å². The maximum Gasteiger partial charge on any atom is 0.253 e. The van der Waals surface area contributed by atoms with Crippen LogP contribution in [0.2, 0.25) is 0 Å². The smallest absolute Gasteiger partial charge is 0.253 e. The summed E-state index contributed by atoms with van der Waals surface area (Å²) in [6, 6.07) is 7.75. The Hall–Kier alpha value is -1.59. The largest absolute Gasteiger partial charge is 0.352 e. The average molecular weight is 380 g/mol. The SMILES string of the molecule is CN(C)C(=O)c1cccc(CNC(=O)C2CC3CCCC(C2)C3N)c1.Cl. The van der Waals surface area contributed by atoms with Gasteiger partial charge >= 0.3 is 0 Å². The van der Waals surface area contributed by atoms with Gasteiger partial charge < -0.3 is 16.0 Å². The van der Waals surface area contributed by atoms with E-state index in [0.717, 1.165) is 31.2 Å². The van der Waals surface area contributed by atoms with Crippen LogP contribution in [0.4, 0.5) is 0 Å². The zero-order chi connectivity index (χ0) is 18.0. The minimum atomic E-state index is -0.0257. The number of hydrogen-bond acceptors (Lipinski definition) is 3. The molecule has 2 fully saturated rings.